The molecule has 1 amide bonds. The van der Waals surface area contributed by atoms with Gasteiger partial charge in [-0.1, -0.05) is 25.7 Å². The molecular formula is C12H22N2O2. The predicted octanol–water partition coefficient (Wildman–Crippen LogP) is 0.671. The minimum atomic E-state index is -0.280. The van der Waals surface area contributed by atoms with Crippen molar-refractivity contribution in [3.05, 3.63) is 0 Å². The summed E-state index contributed by atoms with van der Waals surface area (Å²) in [6.45, 7) is 2.95. The molecule has 0 spiro atoms. The summed E-state index contributed by atoms with van der Waals surface area (Å²) in [6, 6.07) is 0. The van der Waals surface area contributed by atoms with E-state index in [1.54, 1.807) is 0 Å². The highest BCUT2D eigenvalue weighted by molar-refractivity contribution is 5.81. The van der Waals surface area contributed by atoms with E-state index in [0.29, 0.717) is 13.2 Å². The lowest BCUT2D eigenvalue weighted by Crippen LogP contribution is -2.48. The van der Waals surface area contributed by atoms with Gasteiger partial charge in [-0.15, -0.1) is 0 Å². The monoisotopic (exact) mass is 226 g/mol. The van der Waals surface area contributed by atoms with Gasteiger partial charge in [0.25, 0.3) is 0 Å². The van der Waals surface area contributed by atoms with E-state index in [9.17, 15) is 4.79 Å². The Labute approximate surface area is 97.1 Å². The summed E-state index contributed by atoms with van der Waals surface area (Å²) >= 11 is 0. The van der Waals surface area contributed by atoms with Gasteiger partial charge in [0.1, 0.15) is 6.10 Å². The van der Waals surface area contributed by atoms with Gasteiger partial charge >= 0.3 is 0 Å². The highest BCUT2D eigenvalue weighted by Gasteiger charge is 2.21. The molecule has 2 fully saturated rings. The molecule has 1 unspecified atom stereocenters. The average molecular weight is 226 g/mol. The van der Waals surface area contributed by atoms with Crippen LogP contribution in [0.25, 0.3) is 0 Å². The summed E-state index contributed by atoms with van der Waals surface area (Å²) in [6.07, 6.45) is 6.28. The van der Waals surface area contributed by atoms with Gasteiger partial charge in [0.05, 0.1) is 6.61 Å². The Bertz CT molecular complexity index is 221. The predicted molar refractivity (Wildman–Crippen MR) is 62.2 cm³/mol. The third kappa shape index (κ3) is 3.46. The van der Waals surface area contributed by atoms with E-state index in [1.807, 2.05) is 0 Å². The number of morpholine rings is 1. The first-order chi connectivity index (χ1) is 7.86. The normalized spacial score (nSPS) is 26.9. The van der Waals surface area contributed by atoms with Gasteiger partial charge in [-0.2, -0.15) is 0 Å². The van der Waals surface area contributed by atoms with Gasteiger partial charge in [-0.3, -0.25) is 4.79 Å². The first-order valence-corrected chi connectivity index (χ1v) is 6.46. The van der Waals surface area contributed by atoms with Crippen LogP contribution >= 0.6 is 0 Å². The molecule has 0 aromatic rings. The van der Waals surface area contributed by atoms with Crippen molar-refractivity contribution in [2.24, 2.45) is 5.92 Å². The van der Waals surface area contributed by atoms with Crippen molar-refractivity contribution in [1.29, 1.82) is 0 Å². The van der Waals surface area contributed by atoms with E-state index in [2.05, 4.69) is 10.6 Å². The zero-order valence-electron chi connectivity index (χ0n) is 9.84. The number of rotatable bonds is 4. The molecule has 1 aliphatic heterocycles. The van der Waals surface area contributed by atoms with Gasteiger partial charge < -0.3 is 15.4 Å². The van der Waals surface area contributed by atoms with Gasteiger partial charge in [-0.25, -0.2) is 0 Å². The van der Waals surface area contributed by atoms with Crippen molar-refractivity contribution < 1.29 is 9.53 Å². The Hall–Kier alpha value is -0.610. The smallest absolute Gasteiger partial charge is 0.250 e. The summed E-state index contributed by atoms with van der Waals surface area (Å²) in [4.78, 5) is 11.7. The van der Waals surface area contributed by atoms with Gasteiger partial charge in [0, 0.05) is 19.6 Å². The first-order valence-electron chi connectivity index (χ1n) is 6.46. The Balaban J connectivity index is 1.59. The van der Waals surface area contributed by atoms with Crippen LogP contribution in [0.5, 0.6) is 0 Å². The minimum absolute atomic E-state index is 0.0465. The quantitative estimate of drug-likeness (QED) is 0.741. The van der Waals surface area contributed by atoms with Crippen LogP contribution in [0.4, 0.5) is 0 Å². The maximum Gasteiger partial charge on any atom is 0.250 e. The lowest BCUT2D eigenvalue weighted by Gasteiger charge is -2.23. The standard InChI is InChI=1S/C12H22N2O2/c15-12(11-9-13-7-8-16-11)14-6-5-10-3-1-2-4-10/h10-11,13H,1-9H2,(H,14,15). The van der Waals surface area contributed by atoms with Crippen LogP contribution in [0.15, 0.2) is 0 Å². The third-order valence-electron chi connectivity index (χ3n) is 3.55. The molecule has 2 rings (SSSR count). The van der Waals surface area contributed by atoms with Gasteiger partial charge in [-0.05, 0) is 12.3 Å². The molecule has 0 aromatic heterocycles. The van der Waals surface area contributed by atoms with Crippen molar-refractivity contribution in [3.8, 4) is 0 Å². The molecular weight excluding hydrogens is 204 g/mol. The van der Waals surface area contributed by atoms with Gasteiger partial charge in [0.15, 0.2) is 0 Å². The molecule has 4 nitrogen and oxygen atoms in total. The van der Waals surface area contributed by atoms with Crippen LogP contribution in [0.1, 0.15) is 32.1 Å². The van der Waals surface area contributed by atoms with Crippen molar-refractivity contribution >= 4 is 5.91 Å². The van der Waals surface area contributed by atoms with Crippen molar-refractivity contribution in [3.63, 3.8) is 0 Å². The van der Waals surface area contributed by atoms with Crippen molar-refractivity contribution in [2.75, 3.05) is 26.2 Å². The molecule has 1 saturated heterocycles. The fraction of sp³-hybridized carbons (Fsp3) is 0.917. The van der Waals surface area contributed by atoms with Crippen LogP contribution < -0.4 is 10.6 Å². The summed E-state index contributed by atoms with van der Waals surface area (Å²) < 4.78 is 5.39. The van der Waals surface area contributed by atoms with E-state index in [-0.39, 0.29) is 12.0 Å². The number of hydrogen-bond donors (Lipinski definition) is 2. The number of nitrogens with one attached hydrogen (secondary N) is 2. The van der Waals surface area contributed by atoms with E-state index in [1.165, 1.54) is 25.7 Å². The molecule has 1 heterocycles. The summed E-state index contributed by atoms with van der Waals surface area (Å²) in [5, 5.41) is 6.14. The van der Waals surface area contributed by atoms with Gasteiger partial charge in [0.2, 0.25) is 5.91 Å². The Morgan fingerprint density at radius 1 is 1.38 bits per heavy atom. The molecule has 0 bridgehead atoms. The van der Waals surface area contributed by atoms with Crippen LogP contribution in [-0.2, 0) is 9.53 Å². The average Bonchev–Trinajstić information content (AvgIpc) is 2.83. The zero-order valence-corrected chi connectivity index (χ0v) is 9.84. The number of carbonyl (C=O) groups excluding carboxylic acids is 1. The Morgan fingerprint density at radius 3 is 2.88 bits per heavy atom. The molecule has 2 aliphatic rings. The largest absolute Gasteiger partial charge is 0.366 e. The summed E-state index contributed by atoms with van der Waals surface area (Å²) in [5.41, 5.74) is 0. The number of hydrogen-bond acceptors (Lipinski definition) is 3. The third-order valence-corrected chi connectivity index (χ3v) is 3.55. The molecule has 2 N–H and O–H groups in total. The highest BCUT2D eigenvalue weighted by atomic mass is 16.5. The fourth-order valence-electron chi connectivity index (χ4n) is 2.55. The molecule has 92 valence electrons. The van der Waals surface area contributed by atoms with Crippen LogP contribution in [0, 0.1) is 5.92 Å². The first kappa shape index (κ1) is 11.9. The molecule has 0 radical (unpaired) electrons. The van der Waals surface area contributed by atoms with Crippen LogP contribution in [-0.4, -0.2) is 38.3 Å². The summed E-state index contributed by atoms with van der Waals surface area (Å²) in [5.74, 6) is 0.885. The van der Waals surface area contributed by atoms with E-state index in [0.717, 1.165) is 25.4 Å². The molecule has 1 atom stereocenters. The fourth-order valence-corrected chi connectivity index (χ4v) is 2.55. The molecule has 1 saturated carbocycles. The minimum Gasteiger partial charge on any atom is -0.366 e. The Kier molecular flexibility index (Phi) is 4.60. The molecule has 0 aromatic carbocycles. The van der Waals surface area contributed by atoms with Crippen molar-refractivity contribution in [2.45, 2.75) is 38.2 Å². The molecule has 4 heteroatoms. The maximum absolute atomic E-state index is 11.7. The molecule has 16 heavy (non-hydrogen) atoms. The second-order valence-corrected chi connectivity index (χ2v) is 4.79. The number of carbonyl (C=O) groups is 1. The van der Waals surface area contributed by atoms with Crippen molar-refractivity contribution in [1.82, 2.24) is 10.6 Å². The lowest BCUT2D eigenvalue weighted by molar-refractivity contribution is -0.134. The lowest BCUT2D eigenvalue weighted by atomic mass is 10.0. The second-order valence-electron chi connectivity index (χ2n) is 4.79. The van der Waals surface area contributed by atoms with E-state index < -0.39 is 0 Å². The maximum atomic E-state index is 11.7. The molecule has 1 aliphatic carbocycles. The Morgan fingerprint density at radius 2 is 2.19 bits per heavy atom. The topological polar surface area (TPSA) is 50.4 Å². The number of amides is 1. The van der Waals surface area contributed by atoms with Crippen LogP contribution in [0.2, 0.25) is 0 Å². The van der Waals surface area contributed by atoms with E-state index in [4.69, 9.17) is 4.74 Å². The zero-order chi connectivity index (χ0) is 11.2. The number of ether oxygens (including phenoxy) is 1. The SMILES string of the molecule is O=C(NCCC1CCCC1)C1CNCCO1. The summed E-state index contributed by atoms with van der Waals surface area (Å²) in [7, 11) is 0. The van der Waals surface area contributed by atoms with Crippen LogP contribution in [0.3, 0.4) is 0 Å². The van der Waals surface area contributed by atoms with E-state index >= 15 is 0 Å². The highest BCUT2D eigenvalue weighted by Crippen LogP contribution is 2.26. The second kappa shape index (κ2) is 6.21.